The molecular formula is C13H12INO2. The fourth-order valence-corrected chi connectivity index (χ4v) is 1.95. The summed E-state index contributed by atoms with van der Waals surface area (Å²) >= 11 is 2.24. The maximum atomic E-state index is 5.75. The molecule has 0 aliphatic heterocycles. The first-order chi connectivity index (χ1) is 8.19. The molecule has 0 fully saturated rings. The second-order valence-corrected chi connectivity index (χ2v) is 4.72. The Bertz CT molecular complexity index is 529. The molecule has 2 aromatic rings. The molecule has 0 heterocycles. The second kappa shape index (κ2) is 5.27. The van der Waals surface area contributed by atoms with Crippen molar-refractivity contribution in [3.05, 3.63) is 46.0 Å². The van der Waals surface area contributed by atoms with Gasteiger partial charge in [-0.2, -0.15) is 0 Å². The Kier molecular flexibility index (Phi) is 3.73. The van der Waals surface area contributed by atoms with Crippen LogP contribution in [0, 0.1) is 3.57 Å². The summed E-state index contributed by atoms with van der Waals surface area (Å²) in [6.07, 6.45) is 0. The van der Waals surface area contributed by atoms with Crippen LogP contribution in [0.25, 0.3) is 0 Å². The largest absolute Gasteiger partial charge is 0.493 e. The highest BCUT2D eigenvalue weighted by molar-refractivity contribution is 14.1. The molecule has 0 spiro atoms. The Morgan fingerprint density at radius 1 is 1.06 bits per heavy atom. The number of hydrogen-bond acceptors (Lipinski definition) is 3. The van der Waals surface area contributed by atoms with Crippen LogP contribution in [-0.2, 0) is 0 Å². The van der Waals surface area contributed by atoms with Gasteiger partial charge in [-0.05, 0) is 52.9 Å². The third-order valence-electron chi connectivity index (χ3n) is 2.21. The summed E-state index contributed by atoms with van der Waals surface area (Å²) in [6, 6.07) is 13.1. The molecule has 17 heavy (non-hydrogen) atoms. The van der Waals surface area contributed by atoms with Crippen LogP contribution < -0.4 is 15.2 Å². The number of nitrogen functional groups attached to an aromatic ring is 1. The molecule has 0 aromatic heterocycles. The smallest absolute Gasteiger partial charge is 0.171 e. The average Bonchev–Trinajstić information content (AvgIpc) is 2.29. The minimum absolute atomic E-state index is 0.620. The maximum absolute atomic E-state index is 5.75. The monoisotopic (exact) mass is 341 g/mol. The van der Waals surface area contributed by atoms with E-state index in [9.17, 15) is 0 Å². The number of anilines is 1. The van der Waals surface area contributed by atoms with Gasteiger partial charge in [-0.15, -0.1) is 0 Å². The summed E-state index contributed by atoms with van der Waals surface area (Å²) in [4.78, 5) is 0. The fourth-order valence-electron chi connectivity index (χ4n) is 1.43. The SMILES string of the molecule is COc1ccc(N)cc1Oc1cccc(I)c1. The van der Waals surface area contributed by atoms with Crippen molar-refractivity contribution in [3.8, 4) is 17.2 Å². The molecular weight excluding hydrogens is 329 g/mol. The third kappa shape index (κ3) is 3.03. The molecule has 0 amide bonds. The molecule has 4 heteroatoms. The van der Waals surface area contributed by atoms with Gasteiger partial charge in [0, 0.05) is 15.3 Å². The standard InChI is InChI=1S/C13H12INO2/c1-16-12-6-5-10(15)8-13(12)17-11-4-2-3-9(14)7-11/h2-8H,15H2,1H3. The van der Waals surface area contributed by atoms with E-state index in [4.69, 9.17) is 15.2 Å². The molecule has 2 N–H and O–H groups in total. The van der Waals surface area contributed by atoms with Crippen molar-refractivity contribution < 1.29 is 9.47 Å². The zero-order valence-electron chi connectivity index (χ0n) is 9.31. The summed E-state index contributed by atoms with van der Waals surface area (Å²) in [5, 5.41) is 0. The van der Waals surface area contributed by atoms with Crippen molar-refractivity contribution in [2.45, 2.75) is 0 Å². The number of benzene rings is 2. The van der Waals surface area contributed by atoms with Gasteiger partial charge in [-0.3, -0.25) is 0 Å². The zero-order chi connectivity index (χ0) is 12.3. The predicted octanol–water partition coefficient (Wildman–Crippen LogP) is 3.67. The first-order valence-corrected chi connectivity index (χ1v) is 6.14. The molecule has 0 unspecified atom stereocenters. The molecule has 88 valence electrons. The summed E-state index contributed by atoms with van der Waals surface area (Å²) < 4.78 is 12.1. The lowest BCUT2D eigenvalue weighted by molar-refractivity contribution is 0.379. The fraction of sp³-hybridized carbons (Fsp3) is 0.0769. The van der Waals surface area contributed by atoms with Crippen LogP contribution in [-0.4, -0.2) is 7.11 Å². The van der Waals surface area contributed by atoms with Gasteiger partial charge in [0.05, 0.1) is 7.11 Å². The van der Waals surface area contributed by atoms with Crippen molar-refractivity contribution >= 4 is 28.3 Å². The van der Waals surface area contributed by atoms with E-state index in [1.165, 1.54) is 0 Å². The van der Waals surface area contributed by atoms with Crippen molar-refractivity contribution in [3.63, 3.8) is 0 Å². The normalized spacial score (nSPS) is 10.0. The summed E-state index contributed by atoms with van der Waals surface area (Å²) in [5.41, 5.74) is 6.37. The van der Waals surface area contributed by atoms with Crippen LogP contribution >= 0.6 is 22.6 Å². The van der Waals surface area contributed by atoms with E-state index in [1.54, 1.807) is 25.3 Å². The Balaban J connectivity index is 2.32. The van der Waals surface area contributed by atoms with E-state index in [1.807, 2.05) is 24.3 Å². The van der Waals surface area contributed by atoms with Crippen LogP contribution in [0.15, 0.2) is 42.5 Å². The molecule has 2 rings (SSSR count). The molecule has 0 bridgehead atoms. The minimum atomic E-state index is 0.620. The van der Waals surface area contributed by atoms with E-state index in [-0.39, 0.29) is 0 Å². The Hall–Kier alpha value is -1.43. The molecule has 0 radical (unpaired) electrons. The highest BCUT2D eigenvalue weighted by atomic mass is 127. The van der Waals surface area contributed by atoms with Gasteiger partial charge in [-0.1, -0.05) is 6.07 Å². The Labute approximate surface area is 114 Å². The van der Waals surface area contributed by atoms with Crippen LogP contribution in [0.2, 0.25) is 0 Å². The molecule has 0 atom stereocenters. The summed E-state index contributed by atoms with van der Waals surface area (Å²) in [6.45, 7) is 0. The van der Waals surface area contributed by atoms with Gasteiger partial charge >= 0.3 is 0 Å². The van der Waals surface area contributed by atoms with Gasteiger partial charge in [0.2, 0.25) is 0 Å². The zero-order valence-corrected chi connectivity index (χ0v) is 11.5. The van der Waals surface area contributed by atoms with E-state index in [0.29, 0.717) is 17.2 Å². The number of nitrogens with two attached hydrogens (primary N) is 1. The second-order valence-electron chi connectivity index (χ2n) is 3.47. The number of rotatable bonds is 3. The number of methoxy groups -OCH3 is 1. The first kappa shape index (κ1) is 12.0. The topological polar surface area (TPSA) is 44.5 Å². The van der Waals surface area contributed by atoms with E-state index in [0.717, 1.165) is 9.32 Å². The van der Waals surface area contributed by atoms with Crippen molar-refractivity contribution in [1.82, 2.24) is 0 Å². The minimum Gasteiger partial charge on any atom is -0.493 e. The van der Waals surface area contributed by atoms with Crippen LogP contribution in [0.3, 0.4) is 0 Å². The van der Waals surface area contributed by atoms with E-state index in [2.05, 4.69) is 22.6 Å². The van der Waals surface area contributed by atoms with Gasteiger partial charge in [0.25, 0.3) is 0 Å². The molecule has 0 saturated carbocycles. The van der Waals surface area contributed by atoms with Gasteiger partial charge in [0.1, 0.15) is 5.75 Å². The number of ether oxygens (including phenoxy) is 2. The van der Waals surface area contributed by atoms with Gasteiger partial charge in [-0.25, -0.2) is 0 Å². The van der Waals surface area contributed by atoms with Crippen molar-refractivity contribution in [2.24, 2.45) is 0 Å². The Morgan fingerprint density at radius 2 is 1.88 bits per heavy atom. The van der Waals surface area contributed by atoms with Gasteiger partial charge in [0.15, 0.2) is 11.5 Å². The average molecular weight is 341 g/mol. The van der Waals surface area contributed by atoms with Crippen molar-refractivity contribution in [1.29, 1.82) is 0 Å². The predicted molar refractivity (Wildman–Crippen MR) is 76.6 cm³/mol. The van der Waals surface area contributed by atoms with E-state index >= 15 is 0 Å². The van der Waals surface area contributed by atoms with E-state index < -0.39 is 0 Å². The summed E-state index contributed by atoms with van der Waals surface area (Å²) in [5.74, 6) is 2.05. The highest BCUT2D eigenvalue weighted by Crippen LogP contribution is 2.33. The van der Waals surface area contributed by atoms with Crippen LogP contribution in [0.5, 0.6) is 17.2 Å². The molecule has 0 aliphatic rings. The van der Waals surface area contributed by atoms with Gasteiger partial charge < -0.3 is 15.2 Å². The lowest BCUT2D eigenvalue weighted by Crippen LogP contribution is -1.92. The first-order valence-electron chi connectivity index (χ1n) is 5.06. The summed E-state index contributed by atoms with van der Waals surface area (Å²) in [7, 11) is 1.60. The number of hydrogen-bond donors (Lipinski definition) is 1. The van der Waals surface area contributed by atoms with Crippen LogP contribution in [0.1, 0.15) is 0 Å². The quantitative estimate of drug-likeness (QED) is 0.684. The molecule has 0 aliphatic carbocycles. The molecule has 0 saturated heterocycles. The maximum Gasteiger partial charge on any atom is 0.171 e. The third-order valence-corrected chi connectivity index (χ3v) is 2.88. The molecule has 3 nitrogen and oxygen atoms in total. The number of halogens is 1. The van der Waals surface area contributed by atoms with Crippen LogP contribution in [0.4, 0.5) is 5.69 Å². The van der Waals surface area contributed by atoms with Crippen molar-refractivity contribution in [2.75, 3.05) is 12.8 Å². The lowest BCUT2D eigenvalue weighted by atomic mass is 10.3. The highest BCUT2D eigenvalue weighted by Gasteiger charge is 2.06. The molecule has 2 aromatic carbocycles. The lowest BCUT2D eigenvalue weighted by Gasteiger charge is -2.11. The Morgan fingerprint density at radius 3 is 2.59 bits per heavy atom.